The fraction of sp³-hybridized carbons (Fsp3) is 0.500. The van der Waals surface area contributed by atoms with E-state index in [2.05, 4.69) is 11.5 Å². The van der Waals surface area contributed by atoms with Gasteiger partial charge in [0.2, 0.25) is 0 Å². The van der Waals surface area contributed by atoms with Gasteiger partial charge in [-0.25, -0.2) is 4.79 Å². The summed E-state index contributed by atoms with van der Waals surface area (Å²) >= 11 is 0. The lowest BCUT2D eigenvalue weighted by Gasteiger charge is -2.29. The molecule has 1 aromatic carbocycles. The van der Waals surface area contributed by atoms with Gasteiger partial charge in [-0.05, 0) is 36.5 Å². The van der Waals surface area contributed by atoms with E-state index in [9.17, 15) is 4.79 Å². The highest BCUT2D eigenvalue weighted by Gasteiger charge is 2.17. The highest BCUT2D eigenvalue weighted by atomic mass is 16.4. The summed E-state index contributed by atoms with van der Waals surface area (Å²) in [5, 5.41) is 8.93. The van der Waals surface area contributed by atoms with Crippen molar-refractivity contribution >= 4 is 5.97 Å². The normalized spacial score (nSPS) is 16.0. The maximum Gasteiger partial charge on any atom is 0.335 e. The first-order chi connectivity index (χ1) is 10.2. The fourth-order valence-electron chi connectivity index (χ4n) is 3.13. The zero-order valence-electron chi connectivity index (χ0n) is 12.6. The van der Waals surface area contributed by atoms with E-state index in [1.807, 2.05) is 18.2 Å². The van der Waals surface area contributed by atoms with E-state index in [4.69, 9.17) is 5.11 Å². The highest BCUT2D eigenvalue weighted by Crippen LogP contribution is 2.25. The van der Waals surface area contributed by atoms with E-state index < -0.39 is 5.97 Å². The lowest BCUT2D eigenvalue weighted by molar-refractivity contribution is 0.0697. The summed E-state index contributed by atoms with van der Waals surface area (Å²) in [6, 6.07) is 7.20. The molecule has 0 aromatic heterocycles. The van der Waals surface area contributed by atoms with Gasteiger partial charge in [0.25, 0.3) is 0 Å². The first-order valence-electron chi connectivity index (χ1n) is 7.84. The van der Waals surface area contributed by atoms with E-state index >= 15 is 0 Å². The summed E-state index contributed by atoms with van der Waals surface area (Å²) in [6.07, 6.45) is 8.74. The maximum absolute atomic E-state index is 10.9. The molecule has 0 radical (unpaired) electrons. The minimum absolute atomic E-state index is 0.348. The van der Waals surface area contributed by atoms with Crippen LogP contribution in [0.15, 0.2) is 36.9 Å². The van der Waals surface area contributed by atoms with Crippen molar-refractivity contribution < 1.29 is 9.90 Å². The molecule has 21 heavy (non-hydrogen) atoms. The van der Waals surface area contributed by atoms with E-state index in [0.717, 1.165) is 31.1 Å². The molecule has 3 heteroatoms. The van der Waals surface area contributed by atoms with Gasteiger partial charge < -0.3 is 5.11 Å². The average molecular weight is 287 g/mol. The smallest absolute Gasteiger partial charge is 0.335 e. The van der Waals surface area contributed by atoms with Crippen molar-refractivity contribution in [3.63, 3.8) is 0 Å². The fourth-order valence-corrected chi connectivity index (χ4v) is 3.13. The number of hydrogen-bond donors (Lipinski definition) is 1. The third-order valence-electron chi connectivity index (χ3n) is 4.24. The van der Waals surface area contributed by atoms with Gasteiger partial charge in [0.05, 0.1) is 5.56 Å². The molecular formula is C18H25NO2. The molecule has 0 atom stereocenters. The Morgan fingerprint density at radius 3 is 2.48 bits per heavy atom. The Morgan fingerprint density at radius 2 is 1.90 bits per heavy atom. The van der Waals surface area contributed by atoms with Gasteiger partial charge in [-0.15, -0.1) is 6.58 Å². The van der Waals surface area contributed by atoms with Crippen molar-refractivity contribution in [2.75, 3.05) is 13.1 Å². The number of nitrogens with zero attached hydrogens (tertiary/aromatic N) is 1. The molecule has 0 saturated heterocycles. The van der Waals surface area contributed by atoms with E-state index in [1.54, 1.807) is 12.1 Å². The first-order valence-corrected chi connectivity index (χ1v) is 7.84. The van der Waals surface area contributed by atoms with Gasteiger partial charge >= 0.3 is 5.97 Å². The minimum atomic E-state index is -0.869. The molecule has 0 amide bonds. The second-order valence-corrected chi connectivity index (χ2v) is 5.99. The SMILES string of the molecule is C=CCN(Cc1ccc(C(=O)O)cc1)CC1CCCCC1. The summed E-state index contributed by atoms with van der Waals surface area (Å²) in [5.41, 5.74) is 1.51. The second-order valence-electron chi connectivity index (χ2n) is 5.99. The number of rotatable bonds is 7. The predicted molar refractivity (Wildman–Crippen MR) is 85.5 cm³/mol. The summed E-state index contributed by atoms with van der Waals surface area (Å²) in [5.74, 6) is -0.0660. The molecule has 3 nitrogen and oxygen atoms in total. The van der Waals surface area contributed by atoms with Gasteiger partial charge in [0.1, 0.15) is 0 Å². The van der Waals surface area contributed by atoms with Crippen LogP contribution in [-0.2, 0) is 6.54 Å². The van der Waals surface area contributed by atoms with E-state index in [0.29, 0.717) is 5.56 Å². The van der Waals surface area contributed by atoms with Crippen molar-refractivity contribution in [3.05, 3.63) is 48.0 Å². The quantitative estimate of drug-likeness (QED) is 0.772. The largest absolute Gasteiger partial charge is 0.478 e. The van der Waals surface area contributed by atoms with Crippen LogP contribution in [0.2, 0.25) is 0 Å². The molecule has 1 aliphatic carbocycles. The topological polar surface area (TPSA) is 40.5 Å². The molecule has 114 valence electrons. The predicted octanol–water partition coefficient (Wildman–Crippen LogP) is 3.95. The molecule has 0 aliphatic heterocycles. The van der Waals surface area contributed by atoms with Crippen LogP contribution >= 0.6 is 0 Å². The van der Waals surface area contributed by atoms with Crippen LogP contribution < -0.4 is 0 Å². The van der Waals surface area contributed by atoms with Crippen molar-refractivity contribution in [3.8, 4) is 0 Å². The van der Waals surface area contributed by atoms with Gasteiger partial charge in [-0.1, -0.05) is 37.5 Å². The standard InChI is InChI=1S/C18H25NO2/c1-2-12-19(13-15-6-4-3-5-7-15)14-16-8-10-17(11-9-16)18(20)21/h2,8-11,15H,1,3-7,12-14H2,(H,20,21). The van der Waals surface area contributed by atoms with Crippen LogP contribution in [0.1, 0.15) is 48.0 Å². The molecule has 1 fully saturated rings. The maximum atomic E-state index is 10.9. The Balaban J connectivity index is 1.94. The van der Waals surface area contributed by atoms with E-state index in [1.165, 1.54) is 32.1 Å². The van der Waals surface area contributed by atoms with Gasteiger partial charge in [-0.3, -0.25) is 4.90 Å². The van der Waals surface area contributed by atoms with Crippen LogP contribution in [0.4, 0.5) is 0 Å². The highest BCUT2D eigenvalue weighted by molar-refractivity contribution is 5.87. The Labute approximate surface area is 127 Å². The van der Waals surface area contributed by atoms with Crippen LogP contribution in [-0.4, -0.2) is 29.1 Å². The van der Waals surface area contributed by atoms with Crippen molar-refractivity contribution in [1.82, 2.24) is 4.90 Å². The van der Waals surface area contributed by atoms with Gasteiger partial charge in [0.15, 0.2) is 0 Å². The van der Waals surface area contributed by atoms with E-state index in [-0.39, 0.29) is 0 Å². The summed E-state index contributed by atoms with van der Waals surface area (Å²) in [7, 11) is 0. The zero-order chi connectivity index (χ0) is 15.1. The van der Waals surface area contributed by atoms with Crippen molar-refractivity contribution in [2.24, 2.45) is 5.92 Å². The molecule has 1 aromatic rings. The lowest BCUT2D eigenvalue weighted by atomic mass is 9.89. The molecule has 0 bridgehead atoms. The number of benzene rings is 1. The zero-order valence-corrected chi connectivity index (χ0v) is 12.6. The molecule has 1 saturated carbocycles. The van der Waals surface area contributed by atoms with Crippen molar-refractivity contribution in [1.29, 1.82) is 0 Å². The number of carboxylic acid groups (broad SMARTS) is 1. The Kier molecular flexibility index (Phi) is 6.00. The molecule has 1 aliphatic rings. The summed E-state index contributed by atoms with van der Waals surface area (Å²) in [4.78, 5) is 13.3. The average Bonchev–Trinajstić information content (AvgIpc) is 2.49. The molecule has 0 unspecified atom stereocenters. The third-order valence-corrected chi connectivity index (χ3v) is 4.24. The van der Waals surface area contributed by atoms with Crippen LogP contribution in [0, 0.1) is 5.92 Å². The Morgan fingerprint density at radius 1 is 1.24 bits per heavy atom. The minimum Gasteiger partial charge on any atom is -0.478 e. The van der Waals surface area contributed by atoms with Crippen LogP contribution in [0.25, 0.3) is 0 Å². The van der Waals surface area contributed by atoms with Crippen molar-refractivity contribution in [2.45, 2.75) is 38.6 Å². The molecule has 2 rings (SSSR count). The second kappa shape index (κ2) is 7.99. The monoisotopic (exact) mass is 287 g/mol. The Bertz CT molecular complexity index is 461. The summed E-state index contributed by atoms with van der Waals surface area (Å²) < 4.78 is 0. The third kappa shape index (κ3) is 5.01. The Hall–Kier alpha value is -1.61. The summed E-state index contributed by atoms with van der Waals surface area (Å²) in [6.45, 7) is 6.72. The van der Waals surface area contributed by atoms with Gasteiger partial charge in [0, 0.05) is 19.6 Å². The molecule has 0 spiro atoms. The number of hydrogen-bond acceptors (Lipinski definition) is 2. The number of carbonyl (C=O) groups is 1. The molecule has 0 heterocycles. The number of carboxylic acids is 1. The number of aromatic carboxylic acids is 1. The van der Waals surface area contributed by atoms with Crippen LogP contribution in [0.3, 0.4) is 0 Å². The molecular weight excluding hydrogens is 262 g/mol. The van der Waals surface area contributed by atoms with Gasteiger partial charge in [-0.2, -0.15) is 0 Å². The molecule has 1 N–H and O–H groups in total. The van der Waals surface area contributed by atoms with Crippen LogP contribution in [0.5, 0.6) is 0 Å². The lowest BCUT2D eigenvalue weighted by Crippen LogP contribution is -2.30. The first kappa shape index (κ1) is 15.8.